The second kappa shape index (κ2) is 9.18. The molecule has 2 amide bonds. The predicted molar refractivity (Wildman–Crippen MR) is 113 cm³/mol. The molecule has 0 aliphatic rings. The molecular weight excluding hydrogens is 372 g/mol. The number of amides is 2. The summed E-state index contributed by atoms with van der Waals surface area (Å²) in [6.45, 7) is 7.65. The fourth-order valence-corrected chi connectivity index (χ4v) is 2.49. The molecule has 0 unspecified atom stereocenters. The molecule has 0 radical (unpaired) electrons. The van der Waals surface area contributed by atoms with Crippen LogP contribution in [-0.4, -0.2) is 28.8 Å². The van der Waals surface area contributed by atoms with Crippen LogP contribution in [0.4, 0.5) is 17.1 Å². The summed E-state index contributed by atoms with van der Waals surface area (Å²) in [5, 5.41) is 19.5. The van der Waals surface area contributed by atoms with Crippen molar-refractivity contribution in [3.63, 3.8) is 0 Å². The number of non-ortho nitro benzene ring substituents is 1. The average molecular weight is 398 g/mol. The van der Waals surface area contributed by atoms with E-state index in [9.17, 15) is 19.7 Å². The van der Waals surface area contributed by atoms with Gasteiger partial charge in [0.25, 0.3) is 11.6 Å². The Labute approximate surface area is 169 Å². The lowest BCUT2D eigenvalue weighted by atomic mass is 10.0. The molecule has 8 nitrogen and oxygen atoms in total. The summed E-state index contributed by atoms with van der Waals surface area (Å²) in [6, 6.07) is 11.1. The zero-order valence-electron chi connectivity index (χ0n) is 17.0. The molecule has 0 atom stereocenters. The van der Waals surface area contributed by atoms with Crippen molar-refractivity contribution >= 4 is 28.9 Å². The van der Waals surface area contributed by atoms with Crippen LogP contribution in [0.1, 0.15) is 43.1 Å². The number of nitrogens with zero attached hydrogens (tertiary/aromatic N) is 1. The van der Waals surface area contributed by atoms with Gasteiger partial charge in [-0.05, 0) is 63.1 Å². The van der Waals surface area contributed by atoms with Crippen molar-refractivity contribution in [3.05, 3.63) is 63.7 Å². The highest BCUT2D eigenvalue weighted by atomic mass is 16.6. The molecule has 0 aliphatic heterocycles. The molecule has 2 aromatic carbocycles. The smallest absolute Gasteiger partial charge is 0.269 e. The van der Waals surface area contributed by atoms with E-state index in [1.165, 1.54) is 18.2 Å². The van der Waals surface area contributed by atoms with Gasteiger partial charge in [0.15, 0.2) is 0 Å². The van der Waals surface area contributed by atoms with Crippen LogP contribution < -0.4 is 16.0 Å². The molecule has 0 heterocycles. The van der Waals surface area contributed by atoms with Crippen molar-refractivity contribution in [2.75, 3.05) is 17.2 Å². The molecule has 2 aromatic rings. The lowest BCUT2D eigenvalue weighted by Gasteiger charge is -2.24. The fourth-order valence-electron chi connectivity index (χ4n) is 2.49. The van der Waals surface area contributed by atoms with E-state index in [1.54, 1.807) is 31.2 Å². The number of rotatable bonds is 8. The van der Waals surface area contributed by atoms with Gasteiger partial charge in [-0.3, -0.25) is 19.7 Å². The lowest BCUT2D eigenvalue weighted by Crippen LogP contribution is -2.42. The number of carbonyl (C=O) groups is 2. The van der Waals surface area contributed by atoms with E-state index in [-0.39, 0.29) is 29.6 Å². The molecule has 0 saturated carbocycles. The summed E-state index contributed by atoms with van der Waals surface area (Å²) >= 11 is 0. The summed E-state index contributed by atoms with van der Waals surface area (Å²) in [7, 11) is 0. The number of aryl methyl sites for hydroxylation is 1. The molecule has 0 fully saturated rings. The highest BCUT2D eigenvalue weighted by Gasteiger charge is 2.18. The van der Waals surface area contributed by atoms with E-state index in [4.69, 9.17) is 0 Å². The van der Waals surface area contributed by atoms with Crippen LogP contribution in [-0.2, 0) is 4.79 Å². The fraction of sp³-hybridized carbons (Fsp3) is 0.333. The van der Waals surface area contributed by atoms with Crippen LogP contribution in [0.15, 0.2) is 42.5 Å². The van der Waals surface area contributed by atoms with Crippen LogP contribution in [0.5, 0.6) is 0 Å². The predicted octanol–water partition coefficient (Wildman–Crippen LogP) is 3.87. The quantitative estimate of drug-likeness (QED) is 0.461. The second-order valence-corrected chi connectivity index (χ2v) is 7.43. The second-order valence-electron chi connectivity index (χ2n) is 7.43. The monoisotopic (exact) mass is 398 g/mol. The number of nitro groups is 1. The van der Waals surface area contributed by atoms with Crippen LogP contribution in [0.2, 0.25) is 0 Å². The number of nitrogens with one attached hydrogen (secondary N) is 3. The maximum absolute atomic E-state index is 12.3. The van der Waals surface area contributed by atoms with E-state index in [0.29, 0.717) is 22.5 Å². The molecule has 3 N–H and O–H groups in total. The SMILES string of the molecule is CCC(C)(C)NC(=O)c1ccc(NCC(=O)Nc2ccc([N+](=O)[O-])cc2C)cc1. The Morgan fingerprint density at radius 3 is 2.31 bits per heavy atom. The summed E-state index contributed by atoms with van der Waals surface area (Å²) in [6.07, 6.45) is 0.821. The first-order valence-electron chi connectivity index (χ1n) is 9.32. The Balaban J connectivity index is 1.90. The van der Waals surface area contributed by atoms with Gasteiger partial charge in [-0.2, -0.15) is 0 Å². The van der Waals surface area contributed by atoms with Gasteiger partial charge in [0.05, 0.1) is 11.5 Å². The van der Waals surface area contributed by atoms with Gasteiger partial charge >= 0.3 is 0 Å². The molecule has 0 bridgehead atoms. The zero-order chi connectivity index (χ0) is 21.6. The first kappa shape index (κ1) is 21.9. The highest BCUT2D eigenvalue weighted by Crippen LogP contribution is 2.21. The molecule has 0 aliphatic carbocycles. The van der Waals surface area contributed by atoms with Gasteiger partial charge in [-0.1, -0.05) is 6.92 Å². The summed E-state index contributed by atoms with van der Waals surface area (Å²) < 4.78 is 0. The van der Waals surface area contributed by atoms with E-state index >= 15 is 0 Å². The summed E-state index contributed by atoms with van der Waals surface area (Å²) in [5.41, 5.74) is 2.08. The van der Waals surface area contributed by atoms with Crippen molar-refractivity contribution in [2.45, 2.75) is 39.7 Å². The maximum Gasteiger partial charge on any atom is 0.269 e. The third-order valence-electron chi connectivity index (χ3n) is 4.63. The van der Waals surface area contributed by atoms with Gasteiger partial charge in [0.2, 0.25) is 5.91 Å². The largest absolute Gasteiger partial charge is 0.376 e. The van der Waals surface area contributed by atoms with E-state index in [2.05, 4.69) is 16.0 Å². The standard InChI is InChI=1S/C21H26N4O4/c1-5-21(3,4)24-20(27)15-6-8-16(9-7-15)22-13-19(26)23-18-11-10-17(25(28)29)12-14(18)2/h6-12,22H,5,13H2,1-4H3,(H,23,26)(H,24,27). The maximum atomic E-state index is 12.3. The van der Waals surface area contributed by atoms with Gasteiger partial charge in [0, 0.05) is 34.6 Å². The van der Waals surface area contributed by atoms with Crippen molar-refractivity contribution < 1.29 is 14.5 Å². The number of nitro benzene ring substituents is 1. The van der Waals surface area contributed by atoms with E-state index in [1.807, 2.05) is 20.8 Å². The minimum absolute atomic E-state index is 0.0187. The molecule has 0 aromatic heterocycles. The van der Waals surface area contributed by atoms with Crippen LogP contribution in [0.25, 0.3) is 0 Å². The number of hydrogen-bond donors (Lipinski definition) is 3. The first-order valence-corrected chi connectivity index (χ1v) is 9.32. The van der Waals surface area contributed by atoms with Gasteiger partial charge < -0.3 is 16.0 Å². The molecule has 0 saturated heterocycles. The molecule has 2 rings (SSSR count). The van der Waals surface area contributed by atoms with Gasteiger partial charge in [-0.25, -0.2) is 0 Å². The van der Waals surface area contributed by atoms with Crippen LogP contribution >= 0.6 is 0 Å². The Morgan fingerprint density at radius 2 is 1.76 bits per heavy atom. The average Bonchev–Trinajstić information content (AvgIpc) is 2.68. The normalized spacial score (nSPS) is 10.9. The summed E-state index contributed by atoms with van der Waals surface area (Å²) in [5.74, 6) is -0.428. The third-order valence-corrected chi connectivity index (χ3v) is 4.63. The first-order chi connectivity index (χ1) is 13.6. The molecule has 8 heteroatoms. The molecule has 29 heavy (non-hydrogen) atoms. The zero-order valence-corrected chi connectivity index (χ0v) is 17.0. The van der Waals surface area contributed by atoms with Crippen LogP contribution in [0, 0.1) is 17.0 Å². The number of anilines is 2. The minimum atomic E-state index is -0.479. The minimum Gasteiger partial charge on any atom is -0.376 e. The topological polar surface area (TPSA) is 113 Å². The number of carbonyl (C=O) groups excluding carboxylic acids is 2. The van der Waals surface area contributed by atoms with Crippen molar-refractivity contribution in [1.29, 1.82) is 0 Å². The van der Waals surface area contributed by atoms with E-state index in [0.717, 1.165) is 6.42 Å². The van der Waals surface area contributed by atoms with Gasteiger partial charge in [0.1, 0.15) is 0 Å². The Hall–Kier alpha value is -3.42. The van der Waals surface area contributed by atoms with Crippen molar-refractivity contribution in [3.8, 4) is 0 Å². The molecule has 154 valence electrons. The molecule has 0 spiro atoms. The Morgan fingerprint density at radius 1 is 1.10 bits per heavy atom. The van der Waals surface area contributed by atoms with Crippen LogP contribution in [0.3, 0.4) is 0 Å². The summed E-state index contributed by atoms with van der Waals surface area (Å²) in [4.78, 5) is 34.7. The number of benzene rings is 2. The van der Waals surface area contributed by atoms with Gasteiger partial charge in [-0.15, -0.1) is 0 Å². The Bertz CT molecular complexity index is 907. The number of hydrogen-bond acceptors (Lipinski definition) is 5. The van der Waals surface area contributed by atoms with Crippen molar-refractivity contribution in [1.82, 2.24) is 5.32 Å². The lowest BCUT2D eigenvalue weighted by molar-refractivity contribution is -0.384. The third kappa shape index (κ3) is 6.31. The molecular formula is C21H26N4O4. The van der Waals surface area contributed by atoms with Crippen molar-refractivity contribution in [2.24, 2.45) is 0 Å². The van der Waals surface area contributed by atoms with E-state index < -0.39 is 4.92 Å². The highest BCUT2D eigenvalue weighted by molar-refractivity contribution is 5.96. The Kier molecular flexibility index (Phi) is 6.93.